The van der Waals surface area contributed by atoms with Crippen molar-refractivity contribution in [2.45, 2.75) is 6.18 Å². The monoisotopic (exact) mass is 394 g/mol. The molecular formula is C20H21F3N2O3. The number of nitrogens with zero attached hydrogens (tertiary/aromatic N) is 2. The minimum absolute atomic E-state index is 0.336. The second kappa shape index (κ2) is 8.41. The normalized spacial score (nSPS) is 14.7. The molecule has 1 aliphatic rings. The molecule has 0 saturated carbocycles. The van der Waals surface area contributed by atoms with E-state index in [1.54, 1.807) is 12.0 Å². The Labute approximate surface area is 161 Å². The molecule has 0 unspecified atom stereocenters. The van der Waals surface area contributed by atoms with Crippen LogP contribution in [0, 0.1) is 0 Å². The first-order valence-corrected chi connectivity index (χ1v) is 8.85. The zero-order valence-corrected chi connectivity index (χ0v) is 15.4. The highest BCUT2D eigenvalue weighted by Crippen LogP contribution is 2.36. The molecule has 28 heavy (non-hydrogen) atoms. The fraction of sp³-hybridized carbons (Fsp3) is 0.350. The number of hydrogen-bond donors (Lipinski definition) is 0. The molecular weight excluding hydrogens is 373 g/mol. The van der Waals surface area contributed by atoms with E-state index in [0.717, 1.165) is 17.5 Å². The van der Waals surface area contributed by atoms with Crippen molar-refractivity contribution in [2.75, 3.05) is 44.8 Å². The van der Waals surface area contributed by atoms with Crippen LogP contribution in [0.2, 0.25) is 0 Å². The summed E-state index contributed by atoms with van der Waals surface area (Å²) in [6.45, 7) is 1.70. The molecule has 1 fully saturated rings. The van der Waals surface area contributed by atoms with Crippen LogP contribution in [-0.4, -0.2) is 50.7 Å². The first kappa shape index (κ1) is 19.9. The summed E-state index contributed by atoms with van der Waals surface area (Å²) in [6, 6.07) is 12.5. The van der Waals surface area contributed by atoms with Gasteiger partial charge in [-0.3, -0.25) is 4.79 Å². The van der Waals surface area contributed by atoms with Gasteiger partial charge in [-0.15, -0.1) is 0 Å². The van der Waals surface area contributed by atoms with Crippen LogP contribution in [0.25, 0.3) is 0 Å². The summed E-state index contributed by atoms with van der Waals surface area (Å²) >= 11 is 0. The highest BCUT2D eigenvalue weighted by molar-refractivity contribution is 5.78. The molecule has 1 aliphatic heterocycles. The van der Waals surface area contributed by atoms with Crippen molar-refractivity contribution < 1.29 is 27.4 Å². The van der Waals surface area contributed by atoms with Gasteiger partial charge in [-0.2, -0.15) is 13.2 Å². The van der Waals surface area contributed by atoms with Crippen LogP contribution in [0.15, 0.2) is 48.5 Å². The van der Waals surface area contributed by atoms with Crippen LogP contribution < -0.4 is 14.4 Å². The highest BCUT2D eigenvalue weighted by atomic mass is 19.4. The number of halogens is 3. The molecule has 1 saturated heterocycles. The summed E-state index contributed by atoms with van der Waals surface area (Å²) in [5.74, 6) is 0.0852. The first-order valence-electron chi connectivity index (χ1n) is 8.85. The molecule has 5 nitrogen and oxygen atoms in total. The number of carbonyl (C=O) groups excluding carboxylic acids is 1. The second-order valence-electron chi connectivity index (χ2n) is 6.32. The van der Waals surface area contributed by atoms with E-state index < -0.39 is 18.3 Å². The van der Waals surface area contributed by atoms with E-state index in [2.05, 4.69) is 4.90 Å². The Morgan fingerprint density at radius 2 is 1.57 bits per heavy atom. The van der Waals surface area contributed by atoms with Gasteiger partial charge in [0.15, 0.2) is 6.61 Å². The van der Waals surface area contributed by atoms with Crippen molar-refractivity contribution in [3.8, 4) is 11.5 Å². The maximum absolute atomic E-state index is 13.0. The third kappa shape index (κ3) is 4.49. The summed E-state index contributed by atoms with van der Waals surface area (Å²) in [5.41, 5.74) is 0.0660. The molecule has 1 amide bonds. The van der Waals surface area contributed by atoms with E-state index in [9.17, 15) is 18.0 Å². The number of anilines is 1. The molecule has 0 radical (unpaired) electrons. The van der Waals surface area contributed by atoms with Gasteiger partial charge in [0.25, 0.3) is 5.91 Å². The number of methoxy groups -OCH3 is 1. The molecule has 8 heteroatoms. The molecule has 2 aromatic rings. The van der Waals surface area contributed by atoms with Crippen molar-refractivity contribution in [3.63, 3.8) is 0 Å². The third-order valence-corrected chi connectivity index (χ3v) is 4.60. The van der Waals surface area contributed by atoms with Crippen molar-refractivity contribution in [3.05, 3.63) is 54.1 Å². The average molecular weight is 394 g/mol. The number of hydrogen-bond acceptors (Lipinski definition) is 4. The van der Waals surface area contributed by atoms with Crippen LogP contribution in [0.3, 0.4) is 0 Å². The van der Waals surface area contributed by atoms with E-state index in [-0.39, 0.29) is 11.7 Å². The summed E-state index contributed by atoms with van der Waals surface area (Å²) < 4.78 is 49.6. The van der Waals surface area contributed by atoms with E-state index in [4.69, 9.17) is 9.47 Å². The summed E-state index contributed by atoms with van der Waals surface area (Å²) in [5, 5.41) is 0. The molecule has 0 spiro atoms. The lowest BCUT2D eigenvalue weighted by molar-refractivity contribution is -0.141. The van der Waals surface area contributed by atoms with Crippen molar-refractivity contribution in [1.82, 2.24) is 4.90 Å². The predicted octanol–water partition coefficient (Wildman–Crippen LogP) is 3.44. The molecule has 0 bridgehead atoms. The van der Waals surface area contributed by atoms with Gasteiger partial charge in [0.1, 0.15) is 11.5 Å². The van der Waals surface area contributed by atoms with E-state index in [1.807, 2.05) is 24.3 Å². The van der Waals surface area contributed by atoms with Gasteiger partial charge in [0.05, 0.1) is 18.4 Å². The van der Waals surface area contributed by atoms with Gasteiger partial charge < -0.3 is 19.3 Å². The molecule has 150 valence electrons. The molecule has 0 N–H and O–H groups in total. The molecule has 0 aromatic heterocycles. The van der Waals surface area contributed by atoms with E-state index in [1.165, 1.54) is 18.2 Å². The standard InChI is InChI=1S/C20H21F3N2O3/c1-27-18-9-5-3-7-16(18)24-10-12-25(13-11-24)19(26)14-28-17-8-4-2-6-15(17)20(21,22)23/h2-9H,10-14H2,1H3. The minimum Gasteiger partial charge on any atom is -0.495 e. The molecule has 2 aromatic carbocycles. The third-order valence-electron chi connectivity index (χ3n) is 4.60. The van der Waals surface area contributed by atoms with Gasteiger partial charge >= 0.3 is 6.18 Å². The minimum atomic E-state index is -4.53. The lowest BCUT2D eigenvalue weighted by atomic mass is 10.2. The summed E-state index contributed by atoms with van der Waals surface area (Å²) in [6.07, 6.45) is -4.53. The number of amides is 1. The van der Waals surface area contributed by atoms with E-state index >= 15 is 0 Å². The lowest BCUT2D eigenvalue weighted by Crippen LogP contribution is -2.50. The Morgan fingerprint density at radius 1 is 0.964 bits per heavy atom. The van der Waals surface area contributed by atoms with Crippen LogP contribution in [0.4, 0.5) is 18.9 Å². The van der Waals surface area contributed by atoms with Gasteiger partial charge in [-0.1, -0.05) is 24.3 Å². The zero-order chi connectivity index (χ0) is 20.1. The maximum atomic E-state index is 13.0. The smallest absolute Gasteiger partial charge is 0.419 e. The topological polar surface area (TPSA) is 42.0 Å². The number of piperazine rings is 1. The lowest BCUT2D eigenvalue weighted by Gasteiger charge is -2.36. The van der Waals surface area contributed by atoms with E-state index in [0.29, 0.717) is 26.2 Å². The fourth-order valence-corrected chi connectivity index (χ4v) is 3.15. The Balaban J connectivity index is 1.57. The largest absolute Gasteiger partial charge is 0.495 e. The van der Waals surface area contributed by atoms with Crippen molar-refractivity contribution in [2.24, 2.45) is 0 Å². The molecule has 3 rings (SSSR count). The molecule has 0 aliphatic carbocycles. The Kier molecular flexibility index (Phi) is 5.96. The van der Waals surface area contributed by atoms with Crippen LogP contribution in [0.1, 0.15) is 5.56 Å². The first-order chi connectivity index (χ1) is 13.4. The Morgan fingerprint density at radius 3 is 2.21 bits per heavy atom. The van der Waals surface area contributed by atoms with Gasteiger partial charge in [0.2, 0.25) is 0 Å². The summed E-state index contributed by atoms with van der Waals surface area (Å²) in [7, 11) is 1.61. The number of alkyl halides is 3. The quantitative estimate of drug-likeness (QED) is 0.779. The fourth-order valence-electron chi connectivity index (χ4n) is 3.15. The van der Waals surface area contributed by atoms with Crippen molar-refractivity contribution in [1.29, 1.82) is 0 Å². The number of benzene rings is 2. The Hall–Kier alpha value is -2.90. The average Bonchev–Trinajstić information content (AvgIpc) is 2.71. The van der Waals surface area contributed by atoms with Crippen LogP contribution >= 0.6 is 0 Å². The molecule has 1 heterocycles. The van der Waals surface area contributed by atoms with Gasteiger partial charge in [0, 0.05) is 26.2 Å². The second-order valence-corrected chi connectivity index (χ2v) is 6.32. The zero-order valence-electron chi connectivity index (χ0n) is 15.4. The summed E-state index contributed by atoms with van der Waals surface area (Å²) in [4.78, 5) is 16.1. The SMILES string of the molecule is COc1ccccc1N1CCN(C(=O)COc2ccccc2C(F)(F)F)CC1. The Bertz CT molecular complexity index is 818. The number of para-hydroxylation sites is 3. The highest BCUT2D eigenvalue weighted by Gasteiger charge is 2.34. The number of ether oxygens (including phenoxy) is 2. The van der Waals surface area contributed by atoms with Crippen molar-refractivity contribution >= 4 is 11.6 Å². The predicted molar refractivity (Wildman–Crippen MR) is 98.7 cm³/mol. The van der Waals surface area contributed by atoms with Crippen LogP contribution in [0.5, 0.6) is 11.5 Å². The van der Waals surface area contributed by atoms with Gasteiger partial charge in [-0.05, 0) is 24.3 Å². The number of carbonyl (C=O) groups is 1. The van der Waals surface area contributed by atoms with Gasteiger partial charge in [-0.25, -0.2) is 0 Å². The van der Waals surface area contributed by atoms with Crippen LogP contribution in [-0.2, 0) is 11.0 Å². The maximum Gasteiger partial charge on any atom is 0.419 e. The number of rotatable bonds is 5. The molecule has 0 atom stereocenters.